The molecule has 2 amide bonds. The molecule has 0 unspecified atom stereocenters. The number of benzene rings is 1. The molecule has 3 heterocycles. The zero-order valence-electron chi connectivity index (χ0n) is 17.9. The van der Waals surface area contributed by atoms with E-state index in [0.717, 1.165) is 45.6 Å². The van der Waals surface area contributed by atoms with Crippen molar-refractivity contribution in [2.75, 3.05) is 58.4 Å². The Labute approximate surface area is 181 Å². The molecule has 2 aliphatic heterocycles. The summed E-state index contributed by atoms with van der Waals surface area (Å²) in [5, 5.41) is 0. The number of methoxy groups -OCH3 is 2. The summed E-state index contributed by atoms with van der Waals surface area (Å²) in [6.07, 6.45) is 1.72. The average molecular weight is 425 g/mol. The van der Waals surface area contributed by atoms with Crippen molar-refractivity contribution >= 4 is 17.8 Å². The molecular formula is C22H27N5O4. The predicted molar refractivity (Wildman–Crippen MR) is 115 cm³/mol. The van der Waals surface area contributed by atoms with Crippen molar-refractivity contribution in [2.45, 2.75) is 12.8 Å². The summed E-state index contributed by atoms with van der Waals surface area (Å²) in [4.78, 5) is 39.6. The Hall–Kier alpha value is -3.20. The number of rotatable bonds is 8. The molecule has 9 heteroatoms. The first-order valence-electron chi connectivity index (χ1n) is 10.5. The Morgan fingerprint density at radius 2 is 1.39 bits per heavy atom. The van der Waals surface area contributed by atoms with Crippen molar-refractivity contribution in [3.8, 4) is 11.8 Å². The highest BCUT2D eigenvalue weighted by Gasteiger charge is 2.34. The lowest BCUT2D eigenvalue weighted by Crippen LogP contribution is -2.47. The Kier molecular flexibility index (Phi) is 6.31. The van der Waals surface area contributed by atoms with E-state index in [-0.39, 0.29) is 11.8 Å². The van der Waals surface area contributed by atoms with Crippen LogP contribution in [-0.2, 0) is 0 Å². The fourth-order valence-electron chi connectivity index (χ4n) is 3.96. The summed E-state index contributed by atoms with van der Waals surface area (Å²) in [7, 11) is 3.15. The number of hydrogen-bond acceptors (Lipinski definition) is 8. The van der Waals surface area contributed by atoms with Gasteiger partial charge in [-0.3, -0.25) is 19.4 Å². The van der Waals surface area contributed by atoms with Gasteiger partial charge in [0.2, 0.25) is 17.7 Å². The van der Waals surface area contributed by atoms with Crippen molar-refractivity contribution in [2.24, 2.45) is 0 Å². The predicted octanol–water partition coefficient (Wildman–Crippen LogP) is 1.69. The molecule has 0 radical (unpaired) electrons. The Morgan fingerprint density at radius 1 is 0.839 bits per heavy atom. The van der Waals surface area contributed by atoms with E-state index in [1.54, 1.807) is 44.6 Å². The lowest BCUT2D eigenvalue weighted by atomic mass is 10.1. The number of carbonyl (C=O) groups is 2. The minimum atomic E-state index is -0.178. The highest BCUT2D eigenvalue weighted by atomic mass is 16.5. The number of amides is 2. The third-order valence-corrected chi connectivity index (χ3v) is 5.72. The molecule has 2 aromatic rings. The van der Waals surface area contributed by atoms with Crippen LogP contribution in [0.5, 0.6) is 11.8 Å². The van der Waals surface area contributed by atoms with Crippen molar-refractivity contribution in [3.05, 3.63) is 41.5 Å². The molecule has 0 saturated carbocycles. The van der Waals surface area contributed by atoms with Gasteiger partial charge in [0.15, 0.2) is 0 Å². The minimum Gasteiger partial charge on any atom is -0.481 e. The van der Waals surface area contributed by atoms with Gasteiger partial charge in [-0.2, -0.15) is 9.97 Å². The summed E-state index contributed by atoms with van der Waals surface area (Å²) in [5.74, 6) is 1.22. The van der Waals surface area contributed by atoms with E-state index in [2.05, 4.69) is 19.8 Å². The lowest BCUT2D eigenvalue weighted by molar-refractivity contribution is 0.0650. The van der Waals surface area contributed by atoms with Gasteiger partial charge < -0.3 is 14.4 Å². The first-order chi connectivity index (χ1) is 15.1. The number of unbranched alkanes of at least 4 members (excludes halogenated alkanes) is 1. The van der Waals surface area contributed by atoms with Gasteiger partial charge in [0.05, 0.1) is 31.4 Å². The quantitative estimate of drug-likeness (QED) is 0.466. The number of anilines is 1. The first kappa shape index (κ1) is 21.0. The molecule has 31 heavy (non-hydrogen) atoms. The maximum absolute atomic E-state index is 12.4. The lowest BCUT2D eigenvalue weighted by Gasteiger charge is -2.34. The van der Waals surface area contributed by atoms with Gasteiger partial charge >= 0.3 is 0 Å². The highest BCUT2D eigenvalue weighted by Crippen LogP contribution is 2.23. The van der Waals surface area contributed by atoms with E-state index < -0.39 is 0 Å². The van der Waals surface area contributed by atoms with Crippen LogP contribution in [0.1, 0.15) is 33.6 Å². The zero-order valence-corrected chi connectivity index (χ0v) is 17.9. The van der Waals surface area contributed by atoms with Crippen molar-refractivity contribution in [1.82, 2.24) is 19.8 Å². The molecular weight excluding hydrogens is 398 g/mol. The molecule has 0 bridgehead atoms. The average Bonchev–Trinajstić information content (AvgIpc) is 3.06. The number of piperazine rings is 1. The molecule has 4 rings (SSSR count). The number of ether oxygens (including phenoxy) is 2. The van der Waals surface area contributed by atoms with Crippen LogP contribution in [0.4, 0.5) is 5.95 Å². The van der Waals surface area contributed by atoms with Gasteiger partial charge in [-0.1, -0.05) is 12.1 Å². The van der Waals surface area contributed by atoms with Gasteiger partial charge in [-0.25, -0.2) is 0 Å². The second kappa shape index (κ2) is 9.30. The summed E-state index contributed by atoms with van der Waals surface area (Å²) >= 11 is 0. The van der Waals surface area contributed by atoms with E-state index in [0.29, 0.717) is 35.4 Å². The minimum absolute atomic E-state index is 0.178. The SMILES string of the molecule is COc1cc(OC)nc(N2CCN(CCCCN3C(=O)c4ccccc4C3=O)CC2)n1. The maximum Gasteiger partial charge on any atom is 0.261 e. The smallest absolute Gasteiger partial charge is 0.261 e. The molecule has 9 nitrogen and oxygen atoms in total. The second-order valence-electron chi connectivity index (χ2n) is 7.60. The van der Waals surface area contributed by atoms with E-state index in [9.17, 15) is 9.59 Å². The fraction of sp³-hybridized carbons (Fsp3) is 0.455. The van der Waals surface area contributed by atoms with E-state index in [1.807, 2.05) is 0 Å². The molecule has 164 valence electrons. The molecule has 0 N–H and O–H groups in total. The van der Waals surface area contributed by atoms with Gasteiger partial charge in [0.1, 0.15) is 0 Å². The van der Waals surface area contributed by atoms with E-state index >= 15 is 0 Å². The Balaban J connectivity index is 1.22. The zero-order chi connectivity index (χ0) is 21.8. The first-order valence-corrected chi connectivity index (χ1v) is 10.5. The van der Waals surface area contributed by atoms with Crippen LogP contribution < -0.4 is 14.4 Å². The molecule has 1 saturated heterocycles. The Bertz CT molecular complexity index is 901. The van der Waals surface area contributed by atoms with Gasteiger partial charge in [-0.15, -0.1) is 0 Å². The normalized spacial score (nSPS) is 16.6. The summed E-state index contributed by atoms with van der Waals surface area (Å²) in [6.45, 7) is 4.82. The van der Waals surface area contributed by atoms with Gasteiger partial charge in [0.25, 0.3) is 11.8 Å². The van der Waals surface area contributed by atoms with Crippen LogP contribution in [0.25, 0.3) is 0 Å². The van der Waals surface area contributed by atoms with Gasteiger partial charge in [-0.05, 0) is 31.5 Å². The van der Waals surface area contributed by atoms with Crippen LogP contribution in [0.3, 0.4) is 0 Å². The van der Waals surface area contributed by atoms with Crippen molar-refractivity contribution in [1.29, 1.82) is 0 Å². The Morgan fingerprint density at radius 3 is 1.94 bits per heavy atom. The second-order valence-corrected chi connectivity index (χ2v) is 7.60. The van der Waals surface area contributed by atoms with Crippen molar-refractivity contribution < 1.29 is 19.1 Å². The number of imide groups is 1. The standard InChI is InChI=1S/C22H27N5O4/c1-30-18-15-19(31-2)24-22(23-18)26-13-11-25(12-14-26)9-5-6-10-27-20(28)16-7-3-4-8-17(16)21(27)29/h3-4,7-8,15H,5-6,9-14H2,1-2H3. The van der Waals surface area contributed by atoms with Crippen LogP contribution in [0.2, 0.25) is 0 Å². The molecule has 1 aromatic heterocycles. The van der Waals surface area contributed by atoms with Crippen molar-refractivity contribution in [3.63, 3.8) is 0 Å². The number of fused-ring (bicyclic) bond motifs is 1. The molecule has 1 fully saturated rings. The van der Waals surface area contributed by atoms with Gasteiger partial charge in [0, 0.05) is 32.7 Å². The number of hydrogen-bond donors (Lipinski definition) is 0. The fourth-order valence-corrected chi connectivity index (χ4v) is 3.96. The molecule has 2 aliphatic rings. The number of carbonyl (C=O) groups excluding carboxylic acids is 2. The molecule has 1 aromatic carbocycles. The van der Waals surface area contributed by atoms with Crippen LogP contribution >= 0.6 is 0 Å². The van der Waals surface area contributed by atoms with Crippen LogP contribution in [0.15, 0.2) is 30.3 Å². The molecule has 0 atom stereocenters. The summed E-state index contributed by atoms with van der Waals surface area (Å²) in [6, 6.07) is 8.68. The number of nitrogens with zero attached hydrogens (tertiary/aromatic N) is 5. The highest BCUT2D eigenvalue weighted by molar-refractivity contribution is 6.21. The number of aromatic nitrogens is 2. The summed E-state index contributed by atoms with van der Waals surface area (Å²) < 4.78 is 10.5. The topological polar surface area (TPSA) is 88.1 Å². The maximum atomic E-state index is 12.4. The van der Waals surface area contributed by atoms with E-state index in [4.69, 9.17) is 9.47 Å². The summed E-state index contributed by atoms with van der Waals surface area (Å²) in [5.41, 5.74) is 1.03. The largest absolute Gasteiger partial charge is 0.481 e. The van der Waals surface area contributed by atoms with E-state index in [1.165, 1.54) is 4.90 Å². The third-order valence-electron chi connectivity index (χ3n) is 5.72. The monoisotopic (exact) mass is 425 g/mol. The molecule has 0 aliphatic carbocycles. The third kappa shape index (κ3) is 4.46. The molecule has 0 spiro atoms. The van der Waals surface area contributed by atoms with Crippen LogP contribution in [-0.4, -0.2) is 85.1 Å². The van der Waals surface area contributed by atoms with Crippen LogP contribution in [0, 0.1) is 0 Å².